The highest BCUT2D eigenvalue weighted by Gasteiger charge is 2.07. The number of hydrogen-bond acceptors (Lipinski definition) is 4. The molecule has 0 bridgehead atoms. The average molecular weight is 403 g/mol. The van der Waals surface area contributed by atoms with E-state index >= 15 is 0 Å². The molecule has 2 aromatic carbocycles. The highest BCUT2D eigenvalue weighted by molar-refractivity contribution is 9.10. The Labute approximate surface area is 152 Å². The smallest absolute Gasteiger partial charge is 0.221 e. The number of carbonyl (C=O) groups excluding carboxylic acids is 1. The quantitative estimate of drug-likeness (QED) is 0.616. The molecule has 0 saturated carbocycles. The van der Waals surface area contributed by atoms with Gasteiger partial charge in [-0.25, -0.2) is 4.98 Å². The second-order valence-corrected chi connectivity index (χ2v) is 7.00. The summed E-state index contributed by atoms with van der Waals surface area (Å²) < 4.78 is 1.07. The van der Waals surface area contributed by atoms with Gasteiger partial charge >= 0.3 is 0 Å². The fraction of sp³-hybridized carbons (Fsp3) is 0.118. The van der Waals surface area contributed by atoms with E-state index < -0.39 is 0 Å². The van der Waals surface area contributed by atoms with E-state index in [1.54, 1.807) is 11.8 Å². The number of aromatic nitrogens is 3. The Morgan fingerprint density at radius 2 is 1.88 bits per heavy atom. The van der Waals surface area contributed by atoms with Crippen molar-refractivity contribution in [1.29, 1.82) is 0 Å². The maximum Gasteiger partial charge on any atom is 0.221 e. The van der Waals surface area contributed by atoms with Crippen LogP contribution in [0.2, 0.25) is 0 Å². The zero-order valence-corrected chi connectivity index (χ0v) is 15.3. The molecule has 3 aromatic rings. The topological polar surface area (TPSA) is 70.7 Å². The number of carbonyl (C=O) groups is 1. The van der Waals surface area contributed by atoms with Crippen LogP contribution < -0.4 is 5.32 Å². The van der Waals surface area contributed by atoms with Crippen molar-refractivity contribution in [2.45, 2.75) is 17.8 Å². The number of nitrogens with one attached hydrogen (secondary N) is 2. The van der Waals surface area contributed by atoms with E-state index in [2.05, 4.69) is 48.6 Å². The Morgan fingerprint density at radius 3 is 2.54 bits per heavy atom. The highest BCUT2D eigenvalue weighted by Crippen LogP contribution is 2.24. The number of H-pyrrole nitrogens is 1. The SMILES string of the molecule is CC(=O)Nc1ccc(-c2nc(SCc3ccc(Br)cc3)n[nH]2)cc1. The Hall–Kier alpha value is -2.12. The van der Waals surface area contributed by atoms with E-state index in [0.29, 0.717) is 11.0 Å². The molecule has 0 atom stereocenters. The molecule has 1 heterocycles. The molecule has 5 nitrogen and oxygen atoms in total. The molecule has 0 aliphatic rings. The van der Waals surface area contributed by atoms with Gasteiger partial charge < -0.3 is 5.32 Å². The summed E-state index contributed by atoms with van der Waals surface area (Å²) in [6.45, 7) is 1.49. The molecule has 1 aromatic heterocycles. The molecule has 0 saturated heterocycles. The Bertz CT molecular complexity index is 831. The molecule has 122 valence electrons. The van der Waals surface area contributed by atoms with Crippen LogP contribution in [0.4, 0.5) is 5.69 Å². The molecule has 0 radical (unpaired) electrons. The van der Waals surface area contributed by atoms with Gasteiger partial charge in [-0.05, 0) is 42.0 Å². The van der Waals surface area contributed by atoms with Gasteiger partial charge in [-0.3, -0.25) is 9.89 Å². The summed E-state index contributed by atoms with van der Waals surface area (Å²) in [5, 5.41) is 10.6. The lowest BCUT2D eigenvalue weighted by Crippen LogP contribution is -2.05. The number of halogens is 1. The van der Waals surface area contributed by atoms with Crippen molar-refractivity contribution in [2.24, 2.45) is 0 Å². The number of aromatic amines is 1. The molecule has 0 aliphatic carbocycles. The molecule has 0 aliphatic heterocycles. The van der Waals surface area contributed by atoms with Crippen molar-refractivity contribution in [3.63, 3.8) is 0 Å². The van der Waals surface area contributed by atoms with Crippen molar-refractivity contribution in [3.05, 3.63) is 58.6 Å². The van der Waals surface area contributed by atoms with Crippen LogP contribution in [0.3, 0.4) is 0 Å². The van der Waals surface area contributed by atoms with Crippen LogP contribution in [-0.4, -0.2) is 21.1 Å². The third kappa shape index (κ3) is 4.46. The zero-order valence-electron chi connectivity index (χ0n) is 12.9. The number of rotatable bonds is 5. The number of nitrogens with zero attached hydrogens (tertiary/aromatic N) is 2. The van der Waals surface area contributed by atoms with Gasteiger partial charge in [0.05, 0.1) is 0 Å². The van der Waals surface area contributed by atoms with Crippen LogP contribution in [0.25, 0.3) is 11.4 Å². The first kappa shape index (κ1) is 16.7. The summed E-state index contributed by atoms with van der Waals surface area (Å²) in [4.78, 5) is 15.5. The predicted molar refractivity (Wildman–Crippen MR) is 99.8 cm³/mol. The molecule has 1 amide bonds. The summed E-state index contributed by atoms with van der Waals surface area (Å²) in [5.74, 6) is 1.43. The maximum absolute atomic E-state index is 11.0. The van der Waals surface area contributed by atoms with Crippen molar-refractivity contribution < 1.29 is 4.79 Å². The number of amides is 1. The van der Waals surface area contributed by atoms with Crippen molar-refractivity contribution in [3.8, 4) is 11.4 Å². The second-order valence-electron chi connectivity index (χ2n) is 5.14. The number of benzene rings is 2. The first-order chi connectivity index (χ1) is 11.6. The van der Waals surface area contributed by atoms with Gasteiger partial charge in [0.2, 0.25) is 11.1 Å². The normalized spacial score (nSPS) is 10.6. The number of hydrogen-bond donors (Lipinski definition) is 2. The van der Waals surface area contributed by atoms with E-state index in [4.69, 9.17) is 0 Å². The van der Waals surface area contributed by atoms with Gasteiger partial charge in [0, 0.05) is 28.4 Å². The van der Waals surface area contributed by atoms with Crippen LogP contribution >= 0.6 is 27.7 Å². The summed E-state index contributed by atoms with van der Waals surface area (Å²) in [6.07, 6.45) is 0. The maximum atomic E-state index is 11.0. The molecule has 7 heteroatoms. The third-order valence-corrected chi connectivity index (χ3v) is 4.67. The Balaban J connectivity index is 1.64. The summed E-state index contributed by atoms with van der Waals surface area (Å²) in [6, 6.07) is 15.7. The molecule has 2 N–H and O–H groups in total. The first-order valence-electron chi connectivity index (χ1n) is 7.28. The van der Waals surface area contributed by atoms with Gasteiger partial charge in [-0.2, -0.15) is 0 Å². The van der Waals surface area contributed by atoms with Crippen LogP contribution in [0.15, 0.2) is 58.2 Å². The lowest BCUT2D eigenvalue weighted by atomic mass is 10.2. The minimum Gasteiger partial charge on any atom is -0.326 e. The zero-order chi connectivity index (χ0) is 16.9. The van der Waals surface area contributed by atoms with E-state index in [1.807, 2.05) is 36.4 Å². The lowest BCUT2D eigenvalue weighted by Gasteiger charge is -2.02. The highest BCUT2D eigenvalue weighted by atomic mass is 79.9. The van der Waals surface area contributed by atoms with E-state index in [-0.39, 0.29) is 5.91 Å². The van der Waals surface area contributed by atoms with Gasteiger partial charge in [0.25, 0.3) is 0 Å². The fourth-order valence-electron chi connectivity index (χ4n) is 2.08. The Kier molecular flexibility index (Phi) is 5.32. The van der Waals surface area contributed by atoms with Gasteiger partial charge in [0.15, 0.2) is 5.82 Å². The molecule has 0 spiro atoms. The largest absolute Gasteiger partial charge is 0.326 e. The lowest BCUT2D eigenvalue weighted by molar-refractivity contribution is -0.114. The van der Waals surface area contributed by atoms with Crippen LogP contribution in [0.5, 0.6) is 0 Å². The molecule has 0 fully saturated rings. The van der Waals surface area contributed by atoms with Gasteiger partial charge in [0.1, 0.15) is 0 Å². The van der Waals surface area contributed by atoms with E-state index in [9.17, 15) is 4.79 Å². The minimum absolute atomic E-state index is 0.0888. The molecular formula is C17H15BrN4OS. The van der Waals surface area contributed by atoms with E-state index in [1.165, 1.54) is 12.5 Å². The van der Waals surface area contributed by atoms with Crippen LogP contribution in [0, 0.1) is 0 Å². The van der Waals surface area contributed by atoms with Crippen molar-refractivity contribution >= 4 is 39.3 Å². The van der Waals surface area contributed by atoms with Crippen LogP contribution in [0.1, 0.15) is 12.5 Å². The number of anilines is 1. The minimum atomic E-state index is -0.0888. The summed E-state index contributed by atoms with van der Waals surface area (Å²) in [7, 11) is 0. The summed E-state index contributed by atoms with van der Waals surface area (Å²) >= 11 is 5.01. The summed E-state index contributed by atoms with van der Waals surface area (Å²) in [5.41, 5.74) is 2.90. The molecule has 3 rings (SSSR count). The van der Waals surface area contributed by atoms with Gasteiger partial charge in [-0.15, -0.1) is 5.10 Å². The standard InChI is InChI=1S/C17H15BrN4OS/c1-11(23)19-15-8-4-13(5-9-15)16-20-17(22-21-16)24-10-12-2-6-14(18)7-3-12/h2-9H,10H2,1H3,(H,19,23)(H,20,21,22). The fourth-order valence-corrected chi connectivity index (χ4v) is 3.10. The monoisotopic (exact) mass is 402 g/mol. The van der Waals surface area contributed by atoms with Crippen LogP contribution in [-0.2, 0) is 10.5 Å². The van der Waals surface area contributed by atoms with Crippen molar-refractivity contribution in [2.75, 3.05) is 5.32 Å². The predicted octanol–water partition coefficient (Wildman–Crippen LogP) is 4.48. The molecule has 0 unspecified atom stereocenters. The first-order valence-corrected chi connectivity index (χ1v) is 9.06. The molecule has 24 heavy (non-hydrogen) atoms. The average Bonchev–Trinajstić information content (AvgIpc) is 3.03. The van der Waals surface area contributed by atoms with E-state index in [0.717, 1.165) is 21.5 Å². The third-order valence-electron chi connectivity index (χ3n) is 3.22. The molecular weight excluding hydrogens is 388 g/mol. The second kappa shape index (κ2) is 7.63. The van der Waals surface area contributed by atoms with Crippen molar-refractivity contribution in [1.82, 2.24) is 15.2 Å². The van der Waals surface area contributed by atoms with Gasteiger partial charge in [-0.1, -0.05) is 39.8 Å². The Morgan fingerprint density at radius 1 is 1.17 bits per heavy atom. The number of thioether (sulfide) groups is 1.